The summed E-state index contributed by atoms with van der Waals surface area (Å²) in [5.41, 5.74) is 16.0. The average Bonchev–Trinajstić information content (AvgIpc) is 4.06. The first-order chi connectivity index (χ1) is 34.2. The van der Waals surface area contributed by atoms with E-state index >= 15 is 0 Å². The van der Waals surface area contributed by atoms with Gasteiger partial charge >= 0.3 is 0 Å². The van der Waals surface area contributed by atoms with Crippen LogP contribution >= 0.6 is 0 Å². The Bertz CT molecular complexity index is 3820. The maximum absolute atomic E-state index is 5.51. The quantitative estimate of drug-likeness (QED) is 0.160. The second kappa shape index (κ2) is 15.4. The molecule has 69 heavy (non-hydrogen) atoms. The molecule has 3 heterocycles. The summed E-state index contributed by atoms with van der Waals surface area (Å²) in [5, 5.41) is 4.86. The number of rotatable bonds is 7. The van der Waals surface area contributed by atoms with Crippen molar-refractivity contribution in [1.82, 2.24) is 24.1 Å². The summed E-state index contributed by atoms with van der Waals surface area (Å²) in [6, 6.07) is 89.1. The summed E-state index contributed by atoms with van der Waals surface area (Å²) in [7, 11) is 0. The van der Waals surface area contributed by atoms with E-state index in [0.29, 0.717) is 17.5 Å². The summed E-state index contributed by atoms with van der Waals surface area (Å²) in [6.45, 7) is 0. The fourth-order valence-electron chi connectivity index (χ4n) is 11.4. The third kappa shape index (κ3) is 5.87. The zero-order valence-corrected chi connectivity index (χ0v) is 37.4. The molecule has 0 atom stereocenters. The highest BCUT2D eigenvalue weighted by Gasteiger charge is 2.47. The lowest BCUT2D eigenvalue weighted by Crippen LogP contribution is -2.28. The Labute approximate surface area is 398 Å². The van der Waals surface area contributed by atoms with Crippen molar-refractivity contribution in [3.05, 3.63) is 271 Å². The molecule has 0 unspecified atom stereocenters. The van der Waals surface area contributed by atoms with Crippen LogP contribution in [0.2, 0.25) is 0 Å². The molecule has 5 nitrogen and oxygen atoms in total. The van der Waals surface area contributed by atoms with Gasteiger partial charge in [0.1, 0.15) is 0 Å². The Hall–Kier alpha value is -9.19. The van der Waals surface area contributed by atoms with Gasteiger partial charge in [-0.25, -0.2) is 15.0 Å². The minimum Gasteiger partial charge on any atom is -0.309 e. The Morgan fingerprint density at radius 2 is 0.667 bits per heavy atom. The molecule has 0 aliphatic heterocycles. The van der Waals surface area contributed by atoms with Crippen molar-refractivity contribution in [1.29, 1.82) is 0 Å². The molecule has 0 N–H and O–H groups in total. The van der Waals surface area contributed by atoms with Crippen LogP contribution in [0, 0.1) is 0 Å². The van der Waals surface area contributed by atoms with Crippen molar-refractivity contribution in [3.8, 4) is 56.7 Å². The van der Waals surface area contributed by atoms with E-state index in [-0.39, 0.29) is 0 Å². The number of hydrogen-bond donors (Lipinski definition) is 0. The Kier molecular flexibility index (Phi) is 8.73. The molecular formula is C64H41N5. The van der Waals surface area contributed by atoms with E-state index < -0.39 is 5.41 Å². The highest BCUT2D eigenvalue weighted by atomic mass is 15.0. The fraction of sp³-hybridized carbons (Fsp3) is 0.0156. The molecule has 13 aromatic rings. The van der Waals surface area contributed by atoms with Crippen LogP contribution < -0.4 is 0 Å². The summed E-state index contributed by atoms with van der Waals surface area (Å²) in [5.74, 6) is 1.81. The molecule has 1 aliphatic rings. The first kappa shape index (κ1) is 39.0. The van der Waals surface area contributed by atoms with Gasteiger partial charge in [-0.1, -0.05) is 200 Å². The van der Waals surface area contributed by atoms with E-state index in [2.05, 4.69) is 258 Å². The largest absolute Gasteiger partial charge is 0.309 e. The second-order valence-electron chi connectivity index (χ2n) is 17.9. The monoisotopic (exact) mass is 879 g/mol. The van der Waals surface area contributed by atoms with Gasteiger partial charge in [0.25, 0.3) is 0 Å². The van der Waals surface area contributed by atoms with Crippen molar-refractivity contribution < 1.29 is 0 Å². The lowest BCUT2D eigenvalue weighted by molar-refractivity contribution is 0.768. The zero-order chi connectivity index (χ0) is 45.5. The Morgan fingerprint density at radius 1 is 0.290 bits per heavy atom. The highest BCUT2D eigenvalue weighted by molar-refractivity contribution is 6.10. The third-order valence-corrected chi connectivity index (χ3v) is 14.2. The van der Waals surface area contributed by atoms with Gasteiger partial charge in [0, 0.05) is 49.6 Å². The molecule has 0 amide bonds. The van der Waals surface area contributed by atoms with Crippen LogP contribution in [0.5, 0.6) is 0 Å². The minimum atomic E-state index is -0.573. The topological polar surface area (TPSA) is 48.5 Å². The van der Waals surface area contributed by atoms with Crippen LogP contribution in [-0.4, -0.2) is 24.1 Å². The average molecular weight is 880 g/mol. The molecule has 5 heteroatoms. The molecule has 0 bridgehead atoms. The maximum Gasteiger partial charge on any atom is 0.164 e. The summed E-state index contributed by atoms with van der Waals surface area (Å²) in [4.78, 5) is 16.4. The molecule has 0 radical (unpaired) electrons. The number of fused-ring (bicyclic) bond motifs is 9. The van der Waals surface area contributed by atoms with Gasteiger partial charge in [0.2, 0.25) is 0 Å². The zero-order valence-electron chi connectivity index (χ0n) is 37.4. The van der Waals surface area contributed by atoms with Crippen molar-refractivity contribution in [3.63, 3.8) is 0 Å². The predicted molar refractivity (Wildman–Crippen MR) is 282 cm³/mol. The van der Waals surface area contributed by atoms with Gasteiger partial charge in [0.15, 0.2) is 17.5 Å². The van der Waals surface area contributed by atoms with Crippen molar-refractivity contribution in [2.24, 2.45) is 0 Å². The summed E-state index contributed by atoms with van der Waals surface area (Å²) < 4.78 is 4.69. The van der Waals surface area contributed by atoms with Crippen LogP contribution in [0.25, 0.3) is 100 Å². The molecule has 14 rings (SSSR count). The standard InChI is InChI=1S/C64H41N5/c1-3-22-44(23-4-1)64(45-24-5-2-6-25-45)54-34-12-7-32-52(54)60-53(33-19-35-55(60)64)63-66-61(42-20-17-26-46(40-42)68-56-36-13-8-28-48(56)49-29-9-14-37-57(49)68)65-62(67-63)43-21-18-27-47(41-43)69-58-38-15-10-30-50(58)51-31-11-16-39-59(51)69/h1-41H. The Balaban J connectivity index is 1.02. The SMILES string of the molecule is c1ccc(C2(c3ccccc3)c3ccccc3-c3c(-c4nc(-c5cccc(-n6c7ccccc7c7ccccc76)c5)nc(-c5cccc(-n6c7ccccc7c7ccccc76)c5)n4)cccc32)cc1. The fourth-order valence-corrected chi connectivity index (χ4v) is 11.4. The third-order valence-electron chi connectivity index (χ3n) is 14.2. The molecule has 10 aromatic carbocycles. The molecule has 1 aliphatic carbocycles. The lowest BCUT2D eigenvalue weighted by Gasteiger charge is -2.33. The molecule has 0 fully saturated rings. The minimum absolute atomic E-state index is 0.573. The number of benzene rings is 10. The maximum atomic E-state index is 5.51. The Morgan fingerprint density at radius 3 is 1.16 bits per heavy atom. The van der Waals surface area contributed by atoms with Gasteiger partial charge in [-0.15, -0.1) is 0 Å². The smallest absolute Gasteiger partial charge is 0.164 e. The van der Waals surface area contributed by atoms with E-state index in [1.165, 1.54) is 49.4 Å². The number of nitrogens with zero attached hydrogens (tertiary/aromatic N) is 5. The molecular weight excluding hydrogens is 839 g/mol. The molecule has 322 valence electrons. The van der Waals surface area contributed by atoms with E-state index in [1.807, 2.05) is 0 Å². The van der Waals surface area contributed by atoms with Crippen LogP contribution in [0.15, 0.2) is 249 Å². The van der Waals surface area contributed by atoms with Gasteiger partial charge in [0.05, 0.1) is 27.5 Å². The molecule has 0 saturated heterocycles. The van der Waals surface area contributed by atoms with E-state index in [9.17, 15) is 0 Å². The van der Waals surface area contributed by atoms with E-state index in [1.54, 1.807) is 0 Å². The van der Waals surface area contributed by atoms with Crippen LogP contribution in [0.1, 0.15) is 22.3 Å². The van der Waals surface area contributed by atoms with E-state index in [0.717, 1.165) is 55.7 Å². The summed E-state index contributed by atoms with van der Waals surface area (Å²) in [6.07, 6.45) is 0. The van der Waals surface area contributed by atoms with Gasteiger partial charge in [-0.2, -0.15) is 0 Å². The van der Waals surface area contributed by atoms with Crippen molar-refractivity contribution in [2.45, 2.75) is 5.41 Å². The highest BCUT2D eigenvalue weighted by Crippen LogP contribution is 2.58. The van der Waals surface area contributed by atoms with Crippen LogP contribution in [-0.2, 0) is 5.41 Å². The second-order valence-corrected chi connectivity index (χ2v) is 17.9. The summed E-state index contributed by atoms with van der Waals surface area (Å²) >= 11 is 0. The van der Waals surface area contributed by atoms with Gasteiger partial charge in [-0.3, -0.25) is 0 Å². The van der Waals surface area contributed by atoms with Crippen LogP contribution in [0.3, 0.4) is 0 Å². The molecule has 0 spiro atoms. The van der Waals surface area contributed by atoms with Crippen molar-refractivity contribution >= 4 is 43.6 Å². The number of aromatic nitrogens is 5. The number of hydrogen-bond acceptors (Lipinski definition) is 3. The van der Waals surface area contributed by atoms with Gasteiger partial charge in [-0.05, 0) is 81.9 Å². The lowest BCUT2D eigenvalue weighted by atomic mass is 9.67. The molecule has 3 aromatic heterocycles. The first-order valence-electron chi connectivity index (χ1n) is 23.5. The molecule has 0 saturated carbocycles. The number of para-hydroxylation sites is 4. The van der Waals surface area contributed by atoms with Crippen molar-refractivity contribution in [2.75, 3.05) is 0 Å². The van der Waals surface area contributed by atoms with Crippen LogP contribution in [0.4, 0.5) is 0 Å². The first-order valence-corrected chi connectivity index (χ1v) is 23.5. The predicted octanol–water partition coefficient (Wildman–Crippen LogP) is 15.4. The van der Waals surface area contributed by atoms with Gasteiger partial charge < -0.3 is 9.13 Å². The van der Waals surface area contributed by atoms with E-state index in [4.69, 9.17) is 15.0 Å². The normalized spacial score (nSPS) is 12.8.